The summed E-state index contributed by atoms with van der Waals surface area (Å²) >= 11 is 0. The highest BCUT2D eigenvalue weighted by Gasteiger charge is 2.25. The lowest BCUT2D eigenvalue weighted by Crippen LogP contribution is -2.33. The van der Waals surface area contributed by atoms with Crippen molar-refractivity contribution in [2.45, 2.75) is 12.8 Å². The molecule has 1 amide bonds. The average molecular weight is 383 g/mol. The summed E-state index contributed by atoms with van der Waals surface area (Å²) in [6, 6.07) is 15.9. The van der Waals surface area contributed by atoms with Crippen molar-refractivity contribution in [3.05, 3.63) is 77.7 Å². The normalized spacial score (nSPS) is 13.9. The maximum atomic E-state index is 13.1. The monoisotopic (exact) mass is 383 g/mol. The van der Waals surface area contributed by atoms with Crippen LogP contribution in [0.15, 0.2) is 60.9 Å². The van der Waals surface area contributed by atoms with Gasteiger partial charge in [0.15, 0.2) is 0 Å². The first-order chi connectivity index (χ1) is 14.2. The first-order valence-corrected chi connectivity index (χ1v) is 9.81. The number of hydrogen-bond acceptors (Lipinski definition) is 4. The lowest BCUT2D eigenvalue weighted by Gasteiger charge is -2.20. The lowest BCUT2D eigenvalue weighted by molar-refractivity contribution is 0.0763. The Morgan fingerprint density at radius 1 is 0.931 bits per heavy atom. The summed E-state index contributed by atoms with van der Waals surface area (Å²) in [7, 11) is 2.00. The van der Waals surface area contributed by atoms with E-state index in [4.69, 9.17) is 5.10 Å². The summed E-state index contributed by atoms with van der Waals surface area (Å²) in [5.41, 5.74) is 6.84. The summed E-state index contributed by atoms with van der Waals surface area (Å²) < 4.78 is 1.97. The molecule has 0 unspecified atom stereocenters. The summed E-state index contributed by atoms with van der Waals surface area (Å²) in [4.78, 5) is 23.7. The standard InChI is InChI=1S/C23H21N5O/c1-27-22(16-5-3-2-4-6-16)18-9-13-28(14-10-19(18)26-27)23(29)17-7-8-20-21(15-17)25-12-11-24-20/h2-8,11-12,15H,9-10,13-14H2,1H3. The molecule has 1 aliphatic rings. The van der Waals surface area contributed by atoms with Gasteiger partial charge in [-0.15, -0.1) is 0 Å². The number of hydrogen-bond donors (Lipinski definition) is 0. The number of carbonyl (C=O) groups excluding carboxylic acids is 1. The number of benzene rings is 2. The number of rotatable bonds is 2. The number of nitrogens with zero attached hydrogens (tertiary/aromatic N) is 5. The molecule has 0 spiro atoms. The zero-order valence-corrected chi connectivity index (χ0v) is 16.2. The van der Waals surface area contributed by atoms with Gasteiger partial charge >= 0.3 is 0 Å². The van der Waals surface area contributed by atoms with Crippen LogP contribution in [-0.2, 0) is 19.9 Å². The van der Waals surface area contributed by atoms with E-state index in [1.165, 1.54) is 5.56 Å². The Morgan fingerprint density at radius 3 is 2.52 bits per heavy atom. The van der Waals surface area contributed by atoms with Crippen molar-refractivity contribution in [2.24, 2.45) is 7.05 Å². The summed E-state index contributed by atoms with van der Waals surface area (Å²) in [6.07, 6.45) is 4.87. The fraction of sp³-hybridized carbons (Fsp3) is 0.217. The Bertz CT molecular complexity index is 1200. The molecule has 29 heavy (non-hydrogen) atoms. The third kappa shape index (κ3) is 3.16. The number of aryl methyl sites for hydroxylation is 1. The van der Waals surface area contributed by atoms with Crippen LogP contribution in [0.3, 0.4) is 0 Å². The zero-order chi connectivity index (χ0) is 19.8. The van der Waals surface area contributed by atoms with Gasteiger partial charge in [-0.25, -0.2) is 0 Å². The molecular formula is C23H21N5O. The third-order valence-corrected chi connectivity index (χ3v) is 5.53. The molecule has 0 atom stereocenters. The maximum absolute atomic E-state index is 13.1. The lowest BCUT2D eigenvalue weighted by atomic mass is 10.0. The molecule has 0 aliphatic carbocycles. The Hall–Kier alpha value is -3.54. The van der Waals surface area contributed by atoms with Gasteiger partial charge in [-0.2, -0.15) is 5.10 Å². The Balaban J connectivity index is 1.42. The van der Waals surface area contributed by atoms with E-state index in [1.807, 2.05) is 53.0 Å². The SMILES string of the molecule is Cn1nc2c(c1-c1ccccc1)CCN(C(=O)c1ccc3nccnc3c1)CC2. The molecule has 0 radical (unpaired) electrons. The van der Waals surface area contributed by atoms with E-state index in [0.29, 0.717) is 18.7 Å². The summed E-state index contributed by atoms with van der Waals surface area (Å²) in [6.45, 7) is 1.34. The van der Waals surface area contributed by atoms with E-state index >= 15 is 0 Å². The van der Waals surface area contributed by atoms with E-state index in [1.54, 1.807) is 12.4 Å². The van der Waals surface area contributed by atoms with Crippen LogP contribution in [0.25, 0.3) is 22.3 Å². The summed E-state index contributed by atoms with van der Waals surface area (Å²) in [5, 5.41) is 4.76. The minimum atomic E-state index is 0.0355. The highest BCUT2D eigenvalue weighted by atomic mass is 16.2. The number of fused-ring (bicyclic) bond motifs is 2. The average Bonchev–Trinajstić information content (AvgIpc) is 2.94. The fourth-order valence-corrected chi connectivity index (χ4v) is 4.13. The molecular weight excluding hydrogens is 362 g/mol. The van der Waals surface area contributed by atoms with Crippen molar-refractivity contribution in [1.29, 1.82) is 0 Å². The summed E-state index contributed by atoms with van der Waals surface area (Å²) in [5.74, 6) is 0.0355. The largest absolute Gasteiger partial charge is 0.338 e. The minimum absolute atomic E-state index is 0.0355. The van der Waals surface area contributed by atoms with Crippen LogP contribution < -0.4 is 0 Å². The van der Waals surface area contributed by atoms with Crippen LogP contribution >= 0.6 is 0 Å². The molecule has 6 heteroatoms. The van der Waals surface area contributed by atoms with Crippen LogP contribution in [0, 0.1) is 0 Å². The van der Waals surface area contributed by atoms with Crippen LogP contribution in [0.5, 0.6) is 0 Å². The smallest absolute Gasteiger partial charge is 0.253 e. The highest BCUT2D eigenvalue weighted by Crippen LogP contribution is 2.28. The Morgan fingerprint density at radius 2 is 1.69 bits per heavy atom. The first-order valence-electron chi connectivity index (χ1n) is 9.81. The number of amides is 1. The molecule has 0 bridgehead atoms. The molecule has 6 nitrogen and oxygen atoms in total. The molecule has 0 saturated carbocycles. The van der Waals surface area contributed by atoms with Crippen LogP contribution in [-0.4, -0.2) is 43.6 Å². The van der Waals surface area contributed by atoms with Gasteiger partial charge in [-0.05, 0) is 24.6 Å². The molecule has 2 aromatic heterocycles. The van der Waals surface area contributed by atoms with Gasteiger partial charge < -0.3 is 4.90 Å². The van der Waals surface area contributed by atoms with Crippen LogP contribution in [0.4, 0.5) is 0 Å². The molecule has 0 fully saturated rings. The highest BCUT2D eigenvalue weighted by molar-refractivity contribution is 5.97. The molecule has 1 aliphatic heterocycles. The Kier molecular flexibility index (Phi) is 4.31. The van der Waals surface area contributed by atoms with Gasteiger partial charge in [0, 0.05) is 55.6 Å². The van der Waals surface area contributed by atoms with E-state index in [2.05, 4.69) is 22.1 Å². The molecule has 0 N–H and O–H groups in total. The van der Waals surface area contributed by atoms with Crippen molar-refractivity contribution < 1.29 is 4.79 Å². The van der Waals surface area contributed by atoms with Gasteiger partial charge in [0.2, 0.25) is 0 Å². The second kappa shape index (κ2) is 7.13. The predicted octanol–water partition coefficient (Wildman–Crippen LogP) is 3.27. The molecule has 2 aromatic carbocycles. The van der Waals surface area contributed by atoms with Gasteiger partial charge in [0.05, 0.1) is 22.4 Å². The predicted molar refractivity (Wildman–Crippen MR) is 111 cm³/mol. The number of aromatic nitrogens is 4. The molecule has 4 aromatic rings. The third-order valence-electron chi connectivity index (χ3n) is 5.53. The van der Waals surface area contributed by atoms with Crippen molar-refractivity contribution in [3.63, 3.8) is 0 Å². The second-order valence-corrected chi connectivity index (χ2v) is 7.32. The topological polar surface area (TPSA) is 63.9 Å². The van der Waals surface area contributed by atoms with Crippen molar-refractivity contribution in [1.82, 2.24) is 24.6 Å². The second-order valence-electron chi connectivity index (χ2n) is 7.32. The van der Waals surface area contributed by atoms with E-state index < -0.39 is 0 Å². The fourth-order valence-electron chi connectivity index (χ4n) is 4.13. The van der Waals surface area contributed by atoms with Gasteiger partial charge in [-0.3, -0.25) is 19.4 Å². The van der Waals surface area contributed by atoms with Crippen LogP contribution in [0.1, 0.15) is 21.6 Å². The minimum Gasteiger partial charge on any atom is -0.338 e. The van der Waals surface area contributed by atoms with Crippen molar-refractivity contribution >= 4 is 16.9 Å². The molecule has 3 heterocycles. The van der Waals surface area contributed by atoms with Crippen molar-refractivity contribution in [2.75, 3.05) is 13.1 Å². The molecule has 144 valence electrons. The maximum Gasteiger partial charge on any atom is 0.253 e. The molecule has 5 rings (SSSR count). The Labute approximate surface area is 168 Å². The van der Waals surface area contributed by atoms with Gasteiger partial charge in [-0.1, -0.05) is 30.3 Å². The quantitative estimate of drug-likeness (QED) is 0.533. The molecule has 0 saturated heterocycles. The zero-order valence-electron chi connectivity index (χ0n) is 16.2. The van der Waals surface area contributed by atoms with E-state index in [0.717, 1.165) is 40.8 Å². The van der Waals surface area contributed by atoms with E-state index in [-0.39, 0.29) is 5.91 Å². The van der Waals surface area contributed by atoms with E-state index in [9.17, 15) is 4.79 Å². The van der Waals surface area contributed by atoms with Crippen LogP contribution in [0.2, 0.25) is 0 Å². The first kappa shape index (κ1) is 17.6. The van der Waals surface area contributed by atoms with Gasteiger partial charge in [0.25, 0.3) is 5.91 Å². The van der Waals surface area contributed by atoms with Gasteiger partial charge in [0.1, 0.15) is 0 Å². The van der Waals surface area contributed by atoms with Crippen molar-refractivity contribution in [3.8, 4) is 11.3 Å². The number of carbonyl (C=O) groups is 1.